The summed E-state index contributed by atoms with van der Waals surface area (Å²) in [6.45, 7) is 0.309. The minimum absolute atomic E-state index is 0.0872. The maximum atomic E-state index is 13.6. The third kappa shape index (κ3) is 3.68. The quantitative estimate of drug-likeness (QED) is 0.367. The number of hydrogen-bond acceptors (Lipinski definition) is 5. The number of amides is 1. The van der Waals surface area contributed by atoms with Crippen LogP contribution in [0.4, 0.5) is 0 Å². The minimum atomic E-state index is -0.583. The van der Waals surface area contributed by atoms with Crippen molar-refractivity contribution < 1.29 is 18.7 Å². The van der Waals surface area contributed by atoms with Gasteiger partial charge in [-0.1, -0.05) is 40.2 Å². The lowest BCUT2D eigenvalue weighted by atomic mass is 9.98. The van der Waals surface area contributed by atoms with Crippen molar-refractivity contribution in [1.82, 2.24) is 4.90 Å². The van der Waals surface area contributed by atoms with Crippen LogP contribution in [0.2, 0.25) is 0 Å². The van der Waals surface area contributed by atoms with Crippen LogP contribution in [0.1, 0.15) is 33.3 Å². The van der Waals surface area contributed by atoms with E-state index in [4.69, 9.17) is 13.9 Å². The van der Waals surface area contributed by atoms with Gasteiger partial charge >= 0.3 is 0 Å². The van der Waals surface area contributed by atoms with Crippen molar-refractivity contribution in [3.05, 3.63) is 104 Å². The molecule has 1 amide bonds. The summed E-state index contributed by atoms with van der Waals surface area (Å²) in [7, 11) is 3.20. The van der Waals surface area contributed by atoms with E-state index in [-0.39, 0.29) is 17.1 Å². The van der Waals surface area contributed by atoms with Gasteiger partial charge in [0.05, 0.1) is 31.2 Å². The smallest absolute Gasteiger partial charge is 0.291 e. The van der Waals surface area contributed by atoms with Gasteiger partial charge in [0.2, 0.25) is 5.76 Å². The first-order chi connectivity index (χ1) is 16.0. The molecular weight excluding hydrogens is 486 g/mol. The van der Waals surface area contributed by atoms with E-state index >= 15 is 0 Å². The van der Waals surface area contributed by atoms with Crippen molar-refractivity contribution >= 4 is 32.8 Å². The van der Waals surface area contributed by atoms with Gasteiger partial charge in [-0.2, -0.15) is 0 Å². The number of ether oxygens (including phenoxy) is 2. The Morgan fingerprint density at radius 1 is 0.909 bits per heavy atom. The molecule has 7 heteroatoms. The highest BCUT2D eigenvalue weighted by molar-refractivity contribution is 9.10. The Kier molecular flexibility index (Phi) is 5.42. The SMILES string of the molecule is COc1ccc(CN2C(=O)c3oc4ccc(Br)cc4c(=O)c3C2c2ccc(OC)cc2)cc1. The van der Waals surface area contributed by atoms with E-state index in [9.17, 15) is 9.59 Å². The molecule has 5 rings (SSSR count). The fraction of sp³-hybridized carbons (Fsp3) is 0.154. The summed E-state index contributed by atoms with van der Waals surface area (Å²) in [6, 6.07) is 19.5. The van der Waals surface area contributed by atoms with Gasteiger partial charge in [0.1, 0.15) is 17.1 Å². The average molecular weight is 506 g/mol. The number of carbonyl (C=O) groups is 1. The fourth-order valence-electron chi connectivity index (χ4n) is 4.22. The van der Waals surface area contributed by atoms with Crippen LogP contribution in [0.25, 0.3) is 11.0 Å². The molecule has 1 aromatic heterocycles. The molecule has 0 spiro atoms. The first-order valence-corrected chi connectivity index (χ1v) is 11.1. The second-order valence-electron chi connectivity index (χ2n) is 7.77. The normalized spacial score (nSPS) is 15.1. The fourth-order valence-corrected chi connectivity index (χ4v) is 4.58. The number of fused-ring (bicyclic) bond motifs is 2. The zero-order valence-corrected chi connectivity index (χ0v) is 19.6. The highest BCUT2D eigenvalue weighted by atomic mass is 79.9. The van der Waals surface area contributed by atoms with Crippen LogP contribution >= 0.6 is 15.9 Å². The van der Waals surface area contributed by atoms with Gasteiger partial charge in [-0.05, 0) is 53.6 Å². The molecule has 1 unspecified atom stereocenters. The monoisotopic (exact) mass is 505 g/mol. The largest absolute Gasteiger partial charge is 0.497 e. The Balaban J connectivity index is 1.67. The molecule has 1 aliphatic rings. The summed E-state index contributed by atoms with van der Waals surface area (Å²) < 4.78 is 17.3. The molecule has 0 saturated heterocycles. The van der Waals surface area contributed by atoms with Crippen molar-refractivity contribution in [3.63, 3.8) is 0 Å². The molecule has 1 aliphatic heterocycles. The van der Waals surface area contributed by atoms with Gasteiger partial charge in [-0.3, -0.25) is 9.59 Å². The number of carbonyl (C=O) groups excluding carboxylic acids is 1. The van der Waals surface area contributed by atoms with E-state index in [1.165, 1.54) is 0 Å². The average Bonchev–Trinajstić information content (AvgIpc) is 3.12. The number of halogens is 1. The molecule has 2 heterocycles. The summed E-state index contributed by atoms with van der Waals surface area (Å²) in [4.78, 5) is 28.8. The molecular formula is C26H20BrNO5. The highest BCUT2D eigenvalue weighted by Crippen LogP contribution is 2.39. The second kappa shape index (κ2) is 8.41. The lowest BCUT2D eigenvalue weighted by Gasteiger charge is -2.25. The van der Waals surface area contributed by atoms with Crippen molar-refractivity contribution in [3.8, 4) is 11.5 Å². The van der Waals surface area contributed by atoms with Crippen molar-refractivity contribution in [2.75, 3.05) is 14.2 Å². The summed E-state index contributed by atoms with van der Waals surface area (Å²) in [5.74, 6) is 1.20. The van der Waals surface area contributed by atoms with Crippen LogP contribution in [0.15, 0.2) is 80.4 Å². The third-order valence-corrected chi connectivity index (χ3v) is 6.36. The Morgan fingerprint density at radius 2 is 1.55 bits per heavy atom. The maximum Gasteiger partial charge on any atom is 0.291 e. The Morgan fingerprint density at radius 3 is 2.18 bits per heavy atom. The maximum absolute atomic E-state index is 13.6. The standard InChI is InChI=1S/C26H20BrNO5/c1-31-18-8-3-15(4-9-18)14-28-23(16-5-10-19(32-2)11-6-16)22-24(29)20-13-17(27)7-12-21(20)33-25(22)26(28)30/h3-13,23H,14H2,1-2H3. The first-order valence-electron chi connectivity index (χ1n) is 10.3. The van der Waals surface area contributed by atoms with E-state index in [1.54, 1.807) is 37.3 Å². The molecule has 0 aliphatic carbocycles. The minimum Gasteiger partial charge on any atom is -0.497 e. The van der Waals surface area contributed by atoms with Crippen LogP contribution in [-0.4, -0.2) is 25.0 Å². The van der Waals surface area contributed by atoms with Crippen LogP contribution in [0.3, 0.4) is 0 Å². The molecule has 6 nitrogen and oxygen atoms in total. The summed E-state index contributed by atoms with van der Waals surface area (Å²) >= 11 is 3.42. The number of hydrogen-bond donors (Lipinski definition) is 0. The molecule has 0 N–H and O–H groups in total. The van der Waals surface area contributed by atoms with E-state index in [0.29, 0.717) is 28.8 Å². The van der Waals surface area contributed by atoms with Gasteiger partial charge in [-0.25, -0.2) is 0 Å². The predicted octanol–water partition coefficient (Wildman–Crippen LogP) is 5.32. The van der Waals surface area contributed by atoms with Gasteiger partial charge in [0.25, 0.3) is 5.91 Å². The molecule has 0 radical (unpaired) electrons. The third-order valence-electron chi connectivity index (χ3n) is 5.87. The lowest BCUT2D eigenvalue weighted by Crippen LogP contribution is -2.29. The zero-order valence-electron chi connectivity index (χ0n) is 18.0. The predicted molar refractivity (Wildman–Crippen MR) is 128 cm³/mol. The molecule has 0 bridgehead atoms. The summed E-state index contributed by atoms with van der Waals surface area (Å²) in [5, 5.41) is 0.431. The first kappa shape index (κ1) is 21.3. The molecule has 0 fully saturated rings. The summed E-state index contributed by atoms with van der Waals surface area (Å²) in [6.07, 6.45) is 0. The molecule has 166 valence electrons. The molecule has 33 heavy (non-hydrogen) atoms. The lowest BCUT2D eigenvalue weighted by molar-refractivity contribution is 0.0714. The van der Waals surface area contributed by atoms with Gasteiger partial charge < -0.3 is 18.8 Å². The number of benzene rings is 3. The van der Waals surface area contributed by atoms with Crippen molar-refractivity contribution in [2.45, 2.75) is 12.6 Å². The second-order valence-corrected chi connectivity index (χ2v) is 8.69. The van der Waals surface area contributed by atoms with Gasteiger partial charge in [0.15, 0.2) is 5.43 Å². The van der Waals surface area contributed by atoms with Crippen LogP contribution in [0, 0.1) is 0 Å². The van der Waals surface area contributed by atoms with E-state index in [2.05, 4.69) is 15.9 Å². The van der Waals surface area contributed by atoms with Crippen molar-refractivity contribution in [2.24, 2.45) is 0 Å². The number of rotatable bonds is 5. The molecule has 4 aromatic rings. The van der Waals surface area contributed by atoms with Gasteiger partial charge in [-0.15, -0.1) is 0 Å². The summed E-state index contributed by atoms with van der Waals surface area (Å²) in [5.41, 5.74) is 2.24. The molecule has 3 aromatic carbocycles. The van der Waals surface area contributed by atoms with Crippen LogP contribution in [0.5, 0.6) is 11.5 Å². The number of methoxy groups -OCH3 is 2. The molecule has 0 saturated carbocycles. The van der Waals surface area contributed by atoms with Crippen molar-refractivity contribution in [1.29, 1.82) is 0 Å². The van der Waals surface area contributed by atoms with E-state index in [1.807, 2.05) is 48.5 Å². The van der Waals surface area contributed by atoms with E-state index in [0.717, 1.165) is 21.3 Å². The van der Waals surface area contributed by atoms with E-state index < -0.39 is 6.04 Å². The Bertz CT molecular complexity index is 1410. The highest BCUT2D eigenvalue weighted by Gasteiger charge is 2.42. The Hall–Kier alpha value is -3.58. The topological polar surface area (TPSA) is 69.0 Å². The zero-order chi connectivity index (χ0) is 23.1. The van der Waals surface area contributed by atoms with Gasteiger partial charge in [0, 0.05) is 11.0 Å². The number of nitrogens with zero attached hydrogens (tertiary/aromatic N) is 1. The van der Waals surface area contributed by atoms with Crippen LogP contribution in [-0.2, 0) is 6.54 Å². The Labute approximate surface area is 198 Å². The van der Waals surface area contributed by atoms with Crippen LogP contribution < -0.4 is 14.9 Å². The molecule has 1 atom stereocenters.